The molecule has 4 aromatic heterocycles. The van der Waals surface area contributed by atoms with E-state index in [-0.39, 0.29) is 0 Å². The monoisotopic (exact) mass is 1140 g/mol. The van der Waals surface area contributed by atoms with Crippen LogP contribution < -0.4 is 5.46 Å². The summed E-state index contributed by atoms with van der Waals surface area (Å²) in [5.41, 5.74) is 10.4. The molecule has 404 valence electrons. The predicted molar refractivity (Wildman–Crippen MR) is 350 cm³/mol. The van der Waals surface area contributed by atoms with Gasteiger partial charge in [0, 0.05) is 69.1 Å². The van der Waals surface area contributed by atoms with Crippen molar-refractivity contribution in [3.8, 4) is 90.6 Å². The van der Waals surface area contributed by atoms with E-state index in [4.69, 9.17) is 50.8 Å². The van der Waals surface area contributed by atoms with E-state index in [9.17, 15) is 0 Å². The van der Waals surface area contributed by atoms with Gasteiger partial charge < -0.3 is 9.31 Å². The zero-order valence-electron chi connectivity index (χ0n) is 46.4. The van der Waals surface area contributed by atoms with Crippen LogP contribution in [0.15, 0.2) is 243 Å². The topological polar surface area (TPSA) is 95.8 Å². The highest BCUT2D eigenvalue weighted by Gasteiger charge is 2.52. The lowest BCUT2D eigenvalue weighted by molar-refractivity contribution is 0.00578. The van der Waals surface area contributed by atoms with E-state index in [1.54, 1.807) is 22.7 Å². The Balaban J connectivity index is 0.000000152. The summed E-state index contributed by atoms with van der Waals surface area (Å²) in [5, 5.41) is 5.40. The average molecular weight is 1140 g/mol. The fourth-order valence-electron chi connectivity index (χ4n) is 10.7. The first-order valence-corrected chi connectivity index (χ1v) is 29.9. The summed E-state index contributed by atoms with van der Waals surface area (Å²) < 4.78 is 17.6. The van der Waals surface area contributed by atoms with Crippen molar-refractivity contribution < 1.29 is 9.31 Å². The average Bonchev–Trinajstić information content (AvgIpc) is 2.81. The van der Waals surface area contributed by atoms with Gasteiger partial charge in [-0.3, -0.25) is 0 Å². The molecule has 0 bridgehead atoms. The van der Waals surface area contributed by atoms with E-state index in [1.165, 1.54) is 19.5 Å². The zero-order chi connectivity index (χ0) is 56.9. The van der Waals surface area contributed by atoms with E-state index in [0.29, 0.717) is 34.9 Å². The summed E-state index contributed by atoms with van der Waals surface area (Å²) in [6, 6.07) is 82.9. The Labute approximate surface area is 500 Å². The van der Waals surface area contributed by atoms with Crippen LogP contribution in [0.1, 0.15) is 27.7 Å². The molecular weight excluding hydrogens is 1090 g/mol. The Morgan fingerprint density at radius 2 is 0.643 bits per heavy atom. The third-order valence-electron chi connectivity index (χ3n) is 15.8. The first kappa shape index (κ1) is 53.0. The van der Waals surface area contributed by atoms with Gasteiger partial charge in [-0.15, -0.1) is 22.7 Å². The lowest BCUT2D eigenvalue weighted by Crippen LogP contribution is -2.41. The molecule has 0 radical (unpaired) electrons. The third-order valence-corrected chi connectivity index (χ3v) is 18.7. The minimum Gasteiger partial charge on any atom is -0.399 e. The van der Waals surface area contributed by atoms with Crippen molar-refractivity contribution in [2.24, 2.45) is 0 Å². The van der Waals surface area contributed by atoms with Gasteiger partial charge >= 0.3 is 7.12 Å². The Bertz CT molecular complexity index is 4760. The summed E-state index contributed by atoms with van der Waals surface area (Å²) in [4.78, 5) is 29.8. The highest BCUT2D eigenvalue weighted by atomic mass is 35.5. The molecule has 1 fully saturated rings. The second-order valence-electron chi connectivity index (χ2n) is 21.8. The van der Waals surface area contributed by atoms with Crippen molar-refractivity contribution in [3.05, 3.63) is 248 Å². The number of benzene rings is 10. The highest BCUT2D eigenvalue weighted by molar-refractivity contribution is 7.27. The number of hydrogen-bond acceptors (Lipinski definition) is 10. The molecule has 0 unspecified atom stereocenters. The first-order valence-electron chi connectivity index (χ1n) is 27.9. The summed E-state index contributed by atoms with van der Waals surface area (Å²) in [5.74, 6) is 3.85. The molecule has 15 rings (SSSR count). The minimum absolute atomic E-state index is 0.406. The molecule has 0 amide bonds. The molecule has 84 heavy (non-hydrogen) atoms. The summed E-state index contributed by atoms with van der Waals surface area (Å²) in [6.07, 6.45) is 0. The van der Waals surface area contributed by atoms with Crippen molar-refractivity contribution in [3.63, 3.8) is 0 Å². The van der Waals surface area contributed by atoms with Crippen LogP contribution in [-0.4, -0.2) is 48.2 Å². The second kappa shape index (κ2) is 21.9. The number of aromatic nitrogens is 6. The smallest absolute Gasteiger partial charge is 0.399 e. The van der Waals surface area contributed by atoms with Crippen LogP contribution in [-0.2, 0) is 9.31 Å². The molecule has 0 spiro atoms. The number of halogens is 1. The largest absolute Gasteiger partial charge is 0.496 e. The molecule has 0 saturated carbocycles. The molecule has 0 N–H and O–H groups in total. The van der Waals surface area contributed by atoms with Crippen molar-refractivity contribution in [2.45, 2.75) is 38.9 Å². The third kappa shape index (κ3) is 10.2. The van der Waals surface area contributed by atoms with E-state index in [1.807, 2.05) is 97.1 Å². The van der Waals surface area contributed by atoms with Gasteiger partial charge in [-0.2, -0.15) is 0 Å². The molecule has 1 aliphatic rings. The second-order valence-corrected chi connectivity index (χ2v) is 24.3. The molecule has 1 aliphatic heterocycles. The van der Waals surface area contributed by atoms with Gasteiger partial charge in [0.15, 0.2) is 34.9 Å². The van der Waals surface area contributed by atoms with Gasteiger partial charge in [0.2, 0.25) is 0 Å². The minimum atomic E-state index is -0.424. The van der Waals surface area contributed by atoms with Gasteiger partial charge in [-0.1, -0.05) is 200 Å². The maximum atomic E-state index is 6.50. The molecule has 8 nitrogen and oxygen atoms in total. The van der Waals surface area contributed by atoms with Crippen LogP contribution in [0.2, 0.25) is 5.02 Å². The predicted octanol–water partition coefficient (Wildman–Crippen LogP) is 18.8. The van der Waals surface area contributed by atoms with Crippen LogP contribution in [0.3, 0.4) is 0 Å². The summed E-state index contributed by atoms with van der Waals surface area (Å²) >= 11 is 9.97. The van der Waals surface area contributed by atoms with Gasteiger partial charge in [0.1, 0.15) is 0 Å². The fourth-order valence-corrected chi connectivity index (χ4v) is 13.2. The standard InChI is InChI=1S/C39H32BN3O2S.C33H20ClN3S/c1-38(2)39(3,4)45-40(44-38)32-20-12-19-30-31-24-29(21-22-33(31)46-34(30)32)37-42-35(26-15-9-6-10-16-26)41-36(43-37)28-18-11-17-27(23-28)25-13-7-5-8-14-25;34-28-16-8-15-26-27-20-25(17-18-29(27)38-30(26)28)33-36-31(22-11-5-2-6-12-22)35-32(37-33)24-14-7-13-23(19-24)21-9-3-1-4-10-21/h5-24H,1-4H3;1-20H. The molecule has 10 aromatic carbocycles. The molecule has 0 atom stereocenters. The molecule has 12 heteroatoms. The van der Waals surface area contributed by atoms with Gasteiger partial charge in [-0.05, 0) is 110 Å². The number of thiophene rings is 2. The number of rotatable bonds is 9. The Morgan fingerprint density at radius 3 is 1.08 bits per heavy atom. The van der Waals surface area contributed by atoms with Crippen molar-refractivity contribution >= 4 is 87.2 Å². The summed E-state index contributed by atoms with van der Waals surface area (Å²) in [6.45, 7) is 8.37. The maximum Gasteiger partial charge on any atom is 0.496 e. The van der Waals surface area contributed by atoms with E-state index >= 15 is 0 Å². The van der Waals surface area contributed by atoms with Crippen molar-refractivity contribution in [1.82, 2.24) is 29.9 Å². The Morgan fingerprint density at radius 1 is 0.310 bits per heavy atom. The molecule has 14 aromatic rings. The van der Waals surface area contributed by atoms with Gasteiger partial charge in [-0.25, -0.2) is 29.9 Å². The normalized spacial score (nSPS) is 13.6. The number of nitrogens with zero attached hydrogens (tertiary/aromatic N) is 6. The maximum absolute atomic E-state index is 6.50. The Kier molecular flexibility index (Phi) is 13.8. The molecule has 0 aliphatic carbocycles. The van der Waals surface area contributed by atoms with Crippen LogP contribution in [0.4, 0.5) is 0 Å². The lowest BCUT2D eigenvalue weighted by Gasteiger charge is -2.32. The van der Waals surface area contributed by atoms with E-state index < -0.39 is 18.3 Å². The quantitative estimate of drug-likeness (QED) is 0.132. The van der Waals surface area contributed by atoms with E-state index in [0.717, 1.165) is 87.0 Å². The molecular formula is C72H52BClN6O2S2. The van der Waals surface area contributed by atoms with Crippen molar-refractivity contribution in [1.29, 1.82) is 0 Å². The Hall–Kier alpha value is -9.07. The fraction of sp³-hybridized carbons (Fsp3) is 0.0833. The van der Waals surface area contributed by atoms with Crippen LogP contribution in [0.5, 0.6) is 0 Å². The van der Waals surface area contributed by atoms with Crippen molar-refractivity contribution in [2.75, 3.05) is 0 Å². The zero-order valence-corrected chi connectivity index (χ0v) is 48.8. The lowest BCUT2D eigenvalue weighted by atomic mass is 9.78. The molecule has 5 heterocycles. The van der Waals surface area contributed by atoms with Crippen LogP contribution in [0.25, 0.3) is 131 Å². The van der Waals surface area contributed by atoms with E-state index in [2.05, 4.69) is 173 Å². The molecule has 1 saturated heterocycles. The van der Waals surface area contributed by atoms with Crippen LogP contribution in [0, 0.1) is 0 Å². The first-order chi connectivity index (χ1) is 41.0. The number of fused-ring (bicyclic) bond motifs is 6. The van der Waals surface area contributed by atoms with Crippen LogP contribution >= 0.6 is 34.3 Å². The number of hydrogen-bond donors (Lipinski definition) is 0. The highest BCUT2D eigenvalue weighted by Crippen LogP contribution is 2.42. The SMILES string of the molecule is CC1(C)OB(c2cccc3c2sc2ccc(-c4nc(-c5ccccc5)nc(-c5cccc(-c6ccccc6)c5)n4)cc23)OC1(C)C.Clc1cccc2c1sc1ccc(-c3nc(-c4ccccc4)nc(-c4cccc(-c5ccccc5)c4)n3)cc12. The van der Waals surface area contributed by atoms with Gasteiger partial charge in [0.25, 0.3) is 0 Å². The summed E-state index contributed by atoms with van der Waals surface area (Å²) in [7, 11) is -0.424. The van der Waals surface area contributed by atoms with Gasteiger partial charge in [0.05, 0.1) is 20.9 Å².